The van der Waals surface area contributed by atoms with E-state index in [9.17, 15) is 0 Å². The molecule has 0 bridgehead atoms. The lowest BCUT2D eigenvalue weighted by Gasteiger charge is -1.99. The molecule has 0 aliphatic heterocycles. The van der Waals surface area contributed by atoms with Gasteiger partial charge in [0.25, 0.3) is 0 Å². The summed E-state index contributed by atoms with van der Waals surface area (Å²) in [5.74, 6) is 1.11. The molecule has 1 aromatic heterocycles. The third-order valence-electron chi connectivity index (χ3n) is 2.71. The lowest BCUT2D eigenvalue weighted by Crippen LogP contribution is -1.96. The van der Waals surface area contributed by atoms with Gasteiger partial charge in [0.05, 0.1) is 5.69 Å². The van der Waals surface area contributed by atoms with E-state index in [0.717, 1.165) is 22.9 Å². The van der Waals surface area contributed by atoms with Crippen LogP contribution in [0.25, 0.3) is 10.6 Å². The molecule has 2 rings (SSSR count). The minimum atomic E-state index is 0.588. The maximum Gasteiger partial charge on any atom is 0.123 e. The SMILES string of the molecule is CCSc1ccc(-c2nc(CC)c(CN)s2)cc1. The molecule has 0 amide bonds. The highest BCUT2D eigenvalue weighted by Crippen LogP contribution is 2.29. The van der Waals surface area contributed by atoms with E-state index in [2.05, 4.69) is 43.1 Å². The van der Waals surface area contributed by atoms with E-state index in [1.807, 2.05) is 11.8 Å². The van der Waals surface area contributed by atoms with Crippen molar-refractivity contribution in [2.45, 2.75) is 31.7 Å². The molecule has 0 aliphatic rings. The summed E-state index contributed by atoms with van der Waals surface area (Å²) in [6.45, 7) is 4.88. The van der Waals surface area contributed by atoms with E-state index < -0.39 is 0 Å². The molecule has 1 heterocycles. The van der Waals surface area contributed by atoms with Crippen LogP contribution in [0.1, 0.15) is 24.4 Å². The fourth-order valence-corrected chi connectivity index (χ4v) is 3.50. The zero-order chi connectivity index (χ0) is 13.0. The molecule has 0 unspecified atom stereocenters. The number of nitrogens with zero attached hydrogens (tertiary/aromatic N) is 1. The van der Waals surface area contributed by atoms with Crippen molar-refractivity contribution in [1.82, 2.24) is 4.98 Å². The number of aromatic nitrogens is 1. The molecular formula is C14H18N2S2. The first-order chi connectivity index (χ1) is 8.78. The Hall–Kier alpha value is -0.840. The minimum absolute atomic E-state index is 0.588. The van der Waals surface area contributed by atoms with Crippen molar-refractivity contribution in [2.75, 3.05) is 5.75 Å². The quantitative estimate of drug-likeness (QED) is 0.842. The Morgan fingerprint density at radius 3 is 2.44 bits per heavy atom. The van der Waals surface area contributed by atoms with Crippen molar-refractivity contribution in [2.24, 2.45) is 5.73 Å². The zero-order valence-electron chi connectivity index (χ0n) is 10.8. The third-order valence-corrected chi connectivity index (χ3v) is 4.77. The van der Waals surface area contributed by atoms with Crippen molar-refractivity contribution < 1.29 is 0 Å². The fourth-order valence-electron chi connectivity index (χ4n) is 1.80. The van der Waals surface area contributed by atoms with Gasteiger partial charge in [0.15, 0.2) is 0 Å². The van der Waals surface area contributed by atoms with E-state index >= 15 is 0 Å². The summed E-state index contributed by atoms with van der Waals surface area (Å²) >= 11 is 3.57. The summed E-state index contributed by atoms with van der Waals surface area (Å²) in [7, 11) is 0. The van der Waals surface area contributed by atoms with Crippen LogP contribution >= 0.6 is 23.1 Å². The molecule has 4 heteroatoms. The van der Waals surface area contributed by atoms with Gasteiger partial charge in [-0.25, -0.2) is 4.98 Å². The van der Waals surface area contributed by atoms with E-state index in [1.54, 1.807) is 11.3 Å². The highest BCUT2D eigenvalue weighted by molar-refractivity contribution is 7.99. The van der Waals surface area contributed by atoms with Gasteiger partial charge in [-0.3, -0.25) is 0 Å². The summed E-state index contributed by atoms with van der Waals surface area (Å²) in [4.78, 5) is 7.20. The molecule has 2 N–H and O–H groups in total. The van der Waals surface area contributed by atoms with E-state index in [0.29, 0.717) is 6.54 Å². The smallest absolute Gasteiger partial charge is 0.123 e. The van der Waals surface area contributed by atoms with Crippen LogP contribution in [0.3, 0.4) is 0 Å². The molecule has 2 aromatic rings. The highest BCUT2D eigenvalue weighted by atomic mass is 32.2. The largest absolute Gasteiger partial charge is 0.326 e. The van der Waals surface area contributed by atoms with Crippen LogP contribution in [0.15, 0.2) is 29.2 Å². The molecule has 0 saturated carbocycles. The molecule has 1 aromatic carbocycles. The van der Waals surface area contributed by atoms with Crippen LogP contribution in [0.5, 0.6) is 0 Å². The molecule has 0 atom stereocenters. The van der Waals surface area contributed by atoms with Crippen LogP contribution in [-0.4, -0.2) is 10.7 Å². The van der Waals surface area contributed by atoms with Crippen LogP contribution in [0, 0.1) is 0 Å². The van der Waals surface area contributed by atoms with Gasteiger partial charge >= 0.3 is 0 Å². The summed E-state index contributed by atoms with van der Waals surface area (Å²) in [6, 6.07) is 8.63. The number of benzene rings is 1. The monoisotopic (exact) mass is 278 g/mol. The maximum atomic E-state index is 5.75. The number of hydrogen-bond donors (Lipinski definition) is 1. The molecule has 0 radical (unpaired) electrons. The van der Waals surface area contributed by atoms with Gasteiger partial charge in [0.1, 0.15) is 5.01 Å². The Morgan fingerprint density at radius 2 is 1.94 bits per heavy atom. The molecular weight excluding hydrogens is 260 g/mol. The number of hydrogen-bond acceptors (Lipinski definition) is 4. The third kappa shape index (κ3) is 2.94. The van der Waals surface area contributed by atoms with Gasteiger partial charge in [-0.2, -0.15) is 0 Å². The second-order valence-corrected chi connectivity index (χ2v) is 6.33. The number of aryl methyl sites for hydroxylation is 1. The lowest BCUT2D eigenvalue weighted by molar-refractivity contribution is 0.989. The maximum absolute atomic E-state index is 5.75. The number of thioether (sulfide) groups is 1. The first-order valence-electron chi connectivity index (χ1n) is 6.20. The Bertz CT molecular complexity index is 482. The van der Waals surface area contributed by atoms with Gasteiger partial charge in [-0.15, -0.1) is 23.1 Å². The van der Waals surface area contributed by atoms with E-state index in [4.69, 9.17) is 5.73 Å². The van der Waals surface area contributed by atoms with Crippen LogP contribution in [0.4, 0.5) is 0 Å². The van der Waals surface area contributed by atoms with Crippen molar-refractivity contribution in [3.8, 4) is 10.6 Å². The standard InChI is InChI=1S/C14H18N2S2/c1-3-12-13(9-15)18-14(16-12)10-5-7-11(8-6-10)17-4-2/h5-8H,3-4,9,15H2,1-2H3. The Labute approximate surface area is 117 Å². The van der Waals surface area contributed by atoms with Crippen molar-refractivity contribution in [1.29, 1.82) is 0 Å². The van der Waals surface area contributed by atoms with Crippen molar-refractivity contribution >= 4 is 23.1 Å². The molecule has 18 heavy (non-hydrogen) atoms. The van der Waals surface area contributed by atoms with Crippen LogP contribution < -0.4 is 5.73 Å². The average Bonchev–Trinajstić information content (AvgIpc) is 2.83. The highest BCUT2D eigenvalue weighted by Gasteiger charge is 2.09. The molecule has 0 spiro atoms. The van der Waals surface area contributed by atoms with Crippen LogP contribution in [0.2, 0.25) is 0 Å². The number of thiazole rings is 1. The Balaban J connectivity index is 2.27. The van der Waals surface area contributed by atoms with Gasteiger partial charge < -0.3 is 5.73 Å². The van der Waals surface area contributed by atoms with E-state index in [-0.39, 0.29) is 0 Å². The second kappa shape index (κ2) is 6.36. The van der Waals surface area contributed by atoms with Gasteiger partial charge in [0, 0.05) is 21.9 Å². The first kappa shape index (κ1) is 13.6. The predicted octanol–water partition coefficient (Wildman–Crippen LogP) is 3.94. The second-order valence-electron chi connectivity index (χ2n) is 3.90. The molecule has 0 saturated heterocycles. The van der Waals surface area contributed by atoms with Crippen molar-refractivity contribution in [3.63, 3.8) is 0 Å². The molecule has 96 valence electrons. The van der Waals surface area contributed by atoms with Crippen molar-refractivity contribution in [3.05, 3.63) is 34.8 Å². The molecule has 0 aliphatic carbocycles. The fraction of sp³-hybridized carbons (Fsp3) is 0.357. The average molecular weight is 278 g/mol. The summed E-state index contributed by atoms with van der Waals surface area (Å²) in [6.07, 6.45) is 0.951. The lowest BCUT2D eigenvalue weighted by atomic mass is 10.2. The number of nitrogens with two attached hydrogens (primary N) is 1. The minimum Gasteiger partial charge on any atom is -0.326 e. The summed E-state index contributed by atoms with van der Waals surface area (Å²) in [5, 5.41) is 1.08. The first-order valence-corrected chi connectivity index (χ1v) is 8.00. The summed E-state index contributed by atoms with van der Waals surface area (Å²) < 4.78 is 0. The molecule has 0 fully saturated rings. The van der Waals surface area contributed by atoms with Gasteiger partial charge in [-0.05, 0) is 24.3 Å². The summed E-state index contributed by atoms with van der Waals surface area (Å²) in [5.41, 5.74) is 8.08. The topological polar surface area (TPSA) is 38.9 Å². The number of rotatable bonds is 5. The predicted molar refractivity (Wildman–Crippen MR) is 81.2 cm³/mol. The Morgan fingerprint density at radius 1 is 1.22 bits per heavy atom. The van der Waals surface area contributed by atoms with Gasteiger partial charge in [-0.1, -0.05) is 26.0 Å². The zero-order valence-corrected chi connectivity index (χ0v) is 12.4. The van der Waals surface area contributed by atoms with Crippen LogP contribution in [-0.2, 0) is 13.0 Å². The Kier molecular flexibility index (Phi) is 4.80. The van der Waals surface area contributed by atoms with Gasteiger partial charge in [0.2, 0.25) is 0 Å². The normalized spacial score (nSPS) is 10.8. The van der Waals surface area contributed by atoms with E-state index in [1.165, 1.54) is 15.3 Å². The molecule has 2 nitrogen and oxygen atoms in total.